The van der Waals surface area contributed by atoms with Crippen LogP contribution in [0.15, 0.2) is 29.6 Å². The Balaban J connectivity index is 1.50. The molecule has 4 rings (SSSR count). The van der Waals surface area contributed by atoms with Crippen molar-refractivity contribution in [3.8, 4) is 0 Å². The number of amides is 1. The molecule has 1 amide bonds. The number of aromatic nitrogens is 3. The lowest BCUT2D eigenvalue weighted by atomic mass is 9.88. The molecule has 0 saturated carbocycles. The fourth-order valence-corrected chi connectivity index (χ4v) is 5.61. The van der Waals surface area contributed by atoms with E-state index in [1.165, 1.54) is 28.0 Å². The molecule has 1 aliphatic rings. The van der Waals surface area contributed by atoms with Crippen molar-refractivity contribution in [2.45, 2.75) is 38.3 Å². The van der Waals surface area contributed by atoms with E-state index < -0.39 is 0 Å². The van der Waals surface area contributed by atoms with Gasteiger partial charge in [-0.1, -0.05) is 24.8 Å². The summed E-state index contributed by atoms with van der Waals surface area (Å²) in [5, 5.41) is 12.4. The average molecular weight is 431 g/mol. The number of thioether (sulfide) groups is 1. The van der Waals surface area contributed by atoms with E-state index in [1.807, 2.05) is 28.8 Å². The van der Waals surface area contributed by atoms with Gasteiger partial charge in [0.15, 0.2) is 10.8 Å². The number of hydrogen-bond donors (Lipinski definition) is 1. The van der Waals surface area contributed by atoms with Gasteiger partial charge < -0.3 is 10.1 Å². The molecule has 0 spiro atoms. The van der Waals surface area contributed by atoms with Gasteiger partial charge in [-0.15, -0.1) is 21.5 Å². The van der Waals surface area contributed by atoms with Crippen molar-refractivity contribution in [3.63, 3.8) is 0 Å². The molecule has 3 aromatic heterocycles. The lowest BCUT2D eigenvalue weighted by Crippen LogP contribution is -2.17. The van der Waals surface area contributed by atoms with Gasteiger partial charge >= 0.3 is 5.97 Å². The smallest absolute Gasteiger partial charge is 0.341 e. The second-order valence-electron chi connectivity index (χ2n) is 7.02. The first-order chi connectivity index (χ1) is 14.1. The summed E-state index contributed by atoms with van der Waals surface area (Å²) in [6.45, 7) is 4.31. The molecular formula is C20H22N4O3S2. The number of carbonyl (C=O) groups is 2. The topological polar surface area (TPSA) is 85.6 Å². The van der Waals surface area contributed by atoms with Crippen LogP contribution in [0.25, 0.3) is 5.65 Å². The number of nitrogens with zero attached hydrogens (tertiary/aromatic N) is 3. The SMILES string of the molecule is CCOC(=O)c1c(NC(=O)CSc2nnc3ccccn23)sc2c1CC[C@H](C)C2. The third kappa shape index (κ3) is 4.16. The molecule has 0 bridgehead atoms. The van der Waals surface area contributed by atoms with Crippen molar-refractivity contribution in [1.29, 1.82) is 0 Å². The van der Waals surface area contributed by atoms with Crippen LogP contribution in [0.3, 0.4) is 0 Å². The van der Waals surface area contributed by atoms with Crippen molar-refractivity contribution in [1.82, 2.24) is 14.6 Å². The van der Waals surface area contributed by atoms with Crippen molar-refractivity contribution in [2.24, 2.45) is 5.92 Å². The zero-order valence-corrected chi connectivity index (χ0v) is 17.9. The highest BCUT2D eigenvalue weighted by molar-refractivity contribution is 7.99. The maximum atomic E-state index is 12.6. The van der Waals surface area contributed by atoms with Gasteiger partial charge in [-0.3, -0.25) is 9.20 Å². The Kier molecular flexibility index (Phi) is 5.86. The molecule has 0 aromatic carbocycles. The van der Waals surface area contributed by atoms with Crippen LogP contribution < -0.4 is 5.32 Å². The van der Waals surface area contributed by atoms with Crippen molar-refractivity contribution < 1.29 is 14.3 Å². The first-order valence-electron chi connectivity index (χ1n) is 9.61. The van der Waals surface area contributed by atoms with Crippen LogP contribution in [0, 0.1) is 5.92 Å². The Bertz CT molecular complexity index is 1060. The monoisotopic (exact) mass is 430 g/mol. The molecule has 9 heteroatoms. The summed E-state index contributed by atoms with van der Waals surface area (Å²) in [6.07, 6.45) is 4.68. The molecule has 29 heavy (non-hydrogen) atoms. The molecule has 0 saturated heterocycles. The van der Waals surface area contributed by atoms with Crippen LogP contribution in [-0.4, -0.2) is 38.8 Å². The number of pyridine rings is 1. The molecule has 152 valence electrons. The van der Waals surface area contributed by atoms with Gasteiger partial charge in [0.2, 0.25) is 5.91 Å². The van der Waals surface area contributed by atoms with Crippen molar-refractivity contribution in [3.05, 3.63) is 40.4 Å². The van der Waals surface area contributed by atoms with Crippen LogP contribution in [0.1, 0.15) is 41.1 Å². The first-order valence-corrected chi connectivity index (χ1v) is 11.4. The van der Waals surface area contributed by atoms with E-state index >= 15 is 0 Å². The fraction of sp³-hybridized carbons (Fsp3) is 0.400. The predicted molar refractivity (Wildman–Crippen MR) is 114 cm³/mol. The largest absolute Gasteiger partial charge is 0.462 e. The molecule has 1 aliphatic carbocycles. The summed E-state index contributed by atoms with van der Waals surface area (Å²) in [4.78, 5) is 26.4. The number of anilines is 1. The Labute approximate surface area is 176 Å². The lowest BCUT2D eigenvalue weighted by Gasteiger charge is -2.18. The number of ether oxygens (including phenoxy) is 1. The number of nitrogens with one attached hydrogen (secondary N) is 1. The summed E-state index contributed by atoms with van der Waals surface area (Å²) in [5.41, 5.74) is 2.31. The fourth-order valence-electron chi connectivity index (χ4n) is 3.47. The molecule has 0 fully saturated rings. The highest BCUT2D eigenvalue weighted by atomic mass is 32.2. The van der Waals surface area contributed by atoms with Crippen LogP contribution >= 0.6 is 23.1 Å². The van der Waals surface area contributed by atoms with Crippen LogP contribution in [0.2, 0.25) is 0 Å². The van der Waals surface area contributed by atoms with Crippen LogP contribution in [-0.2, 0) is 22.4 Å². The number of fused-ring (bicyclic) bond motifs is 2. The minimum atomic E-state index is -0.356. The summed E-state index contributed by atoms with van der Waals surface area (Å²) in [6, 6.07) is 5.64. The normalized spacial score (nSPS) is 15.9. The molecule has 7 nitrogen and oxygen atoms in total. The van der Waals surface area contributed by atoms with Gasteiger partial charge in [-0.25, -0.2) is 4.79 Å². The molecule has 0 unspecified atom stereocenters. The van der Waals surface area contributed by atoms with E-state index in [2.05, 4.69) is 22.4 Å². The van der Waals surface area contributed by atoms with E-state index in [9.17, 15) is 9.59 Å². The lowest BCUT2D eigenvalue weighted by molar-refractivity contribution is -0.113. The Morgan fingerprint density at radius 3 is 3.07 bits per heavy atom. The first kappa shape index (κ1) is 19.9. The number of thiophene rings is 1. The van der Waals surface area contributed by atoms with Gasteiger partial charge in [-0.2, -0.15) is 0 Å². The number of esters is 1. The summed E-state index contributed by atoms with van der Waals surface area (Å²) in [7, 11) is 0. The zero-order chi connectivity index (χ0) is 20.4. The van der Waals surface area contributed by atoms with Gasteiger partial charge in [0, 0.05) is 11.1 Å². The summed E-state index contributed by atoms with van der Waals surface area (Å²) < 4.78 is 7.10. The molecule has 3 aromatic rings. The van der Waals surface area contributed by atoms with E-state index in [1.54, 1.807) is 6.92 Å². The molecule has 0 radical (unpaired) electrons. The van der Waals surface area contributed by atoms with Crippen molar-refractivity contribution in [2.75, 3.05) is 17.7 Å². The van der Waals surface area contributed by atoms with Gasteiger partial charge in [0.1, 0.15) is 5.00 Å². The minimum Gasteiger partial charge on any atom is -0.462 e. The van der Waals surface area contributed by atoms with Gasteiger partial charge in [-0.05, 0) is 49.8 Å². The van der Waals surface area contributed by atoms with E-state index in [-0.39, 0.29) is 17.6 Å². The van der Waals surface area contributed by atoms with E-state index in [0.29, 0.717) is 28.2 Å². The number of carbonyl (C=O) groups excluding carboxylic acids is 2. The Morgan fingerprint density at radius 1 is 1.38 bits per heavy atom. The Hall–Kier alpha value is -2.39. The standard InChI is InChI=1S/C20H22N4O3S2/c1-3-27-19(26)17-13-8-7-12(2)10-14(13)29-18(17)21-16(25)11-28-20-23-22-15-6-4-5-9-24(15)20/h4-6,9,12H,3,7-8,10-11H2,1-2H3,(H,21,25)/t12-/m0/s1. The van der Waals surface area contributed by atoms with Crippen molar-refractivity contribution >= 4 is 45.6 Å². The third-order valence-electron chi connectivity index (χ3n) is 4.86. The van der Waals surface area contributed by atoms with Crippen LogP contribution in [0.4, 0.5) is 5.00 Å². The molecule has 1 N–H and O–H groups in total. The molecular weight excluding hydrogens is 408 g/mol. The van der Waals surface area contributed by atoms with E-state index in [4.69, 9.17) is 4.74 Å². The zero-order valence-electron chi connectivity index (χ0n) is 16.3. The van der Waals surface area contributed by atoms with E-state index in [0.717, 1.165) is 30.5 Å². The third-order valence-corrected chi connectivity index (χ3v) is 6.97. The predicted octanol–water partition coefficient (Wildman–Crippen LogP) is 3.82. The van der Waals surface area contributed by atoms with Gasteiger partial charge in [0.05, 0.1) is 17.9 Å². The number of rotatable bonds is 6. The highest BCUT2D eigenvalue weighted by Crippen LogP contribution is 2.40. The number of hydrogen-bond acceptors (Lipinski definition) is 7. The molecule has 3 heterocycles. The minimum absolute atomic E-state index is 0.178. The quantitative estimate of drug-likeness (QED) is 0.473. The average Bonchev–Trinajstić information content (AvgIpc) is 3.27. The molecule has 0 aliphatic heterocycles. The maximum Gasteiger partial charge on any atom is 0.341 e. The van der Waals surface area contributed by atoms with Crippen LogP contribution in [0.5, 0.6) is 0 Å². The second-order valence-corrected chi connectivity index (χ2v) is 9.07. The highest BCUT2D eigenvalue weighted by Gasteiger charge is 2.29. The molecule has 1 atom stereocenters. The second kappa shape index (κ2) is 8.54. The van der Waals surface area contributed by atoms with Gasteiger partial charge in [0.25, 0.3) is 0 Å². The summed E-state index contributed by atoms with van der Waals surface area (Å²) >= 11 is 2.81. The summed E-state index contributed by atoms with van der Waals surface area (Å²) in [5.74, 6) is 0.221. The maximum absolute atomic E-state index is 12.6. The Morgan fingerprint density at radius 2 is 2.24 bits per heavy atom.